The quantitative estimate of drug-likeness (QED) is 0.625. The molecule has 8 heteroatoms. The Morgan fingerprint density at radius 3 is 2.45 bits per heavy atom. The molecular formula is C21H28N6O2. The SMILES string of the molecule is COCC(C)Oc1nc(N)c2cnn(Cc3ccc(CN4CCCC4)cc3)c2n1. The Bertz CT molecular complexity index is 950. The number of ether oxygens (including phenoxy) is 2. The average molecular weight is 396 g/mol. The second-order valence-electron chi connectivity index (χ2n) is 7.61. The topological polar surface area (TPSA) is 91.3 Å². The fraction of sp³-hybridized carbons (Fsp3) is 0.476. The number of hydrogen-bond acceptors (Lipinski definition) is 7. The summed E-state index contributed by atoms with van der Waals surface area (Å²) in [7, 11) is 1.63. The van der Waals surface area contributed by atoms with Crippen molar-refractivity contribution in [3.8, 4) is 6.01 Å². The maximum atomic E-state index is 6.09. The molecule has 0 spiro atoms. The van der Waals surface area contributed by atoms with Crippen LogP contribution in [0.4, 0.5) is 5.82 Å². The van der Waals surface area contributed by atoms with Crippen LogP contribution in [0, 0.1) is 0 Å². The van der Waals surface area contributed by atoms with E-state index < -0.39 is 0 Å². The lowest BCUT2D eigenvalue weighted by molar-refractivity contribution is 0.0859. The number of nitrogen functional groups attached to an aromatic ring is 1. The van der Waals surface area contributed by atoms with E-state index in [0.717, 1.165) is 17.5 Å². The predicted molar refractivity (Wildman–Crippen MR) is 112 cm³/mol. The van der Waals surface area contributed by atoms with E-state index in [1.165, 1.54) is 31.5 Å². The fourth-order valence-corrected chi connectivity index (χ4v) is 3.70. The van der Waals surface area contributed by atoms with E-state index in [4.69, 9.17) is 15.2 Å². The van der Waals surface area contributed by atoms with Gasteiger partial charge in [-0.3, -0.25) is 4.90 Å². The van der Waals surface area contributed by atoms with Crippen LogP contribution in [0.1, 0.15) is 30.9 Å². The molecule has 3 aromatic rings. The van der Waals surface area contributed by atoms with Gasteiger partial charge in [-0.2, -0.15) is 15.1 Å². The summed E-state index contributed by atoms with van der Waals surface area (Å²) in [6.07, 6.45) is 4.15. The van der Waals surface area contributed by atoms with Gasteiger partial charge in [-0.25, -0.2) is 4.68 Å². The van der Waals surface area contributed by atoms with Crippen molar-refractivity contribution in [1.82, 2.24) is 24.6 Å². The molecule has 8 nitrogen and oxygen atoms in total. The number of rotatable bonds is 8. The second kappa shape index (κ2) is 8.75. The summed E-state index contributed by atoms with van der Waals surface area (Å²) in [6, 6.07) is 8.94. The average Bonchev–Trinajstić information content (AvgIpc) is 3.34. The maximum absolute atomic E-state index is 6.09. The first-order chi connectivity index (χ1) is 14.1. The molecule has 154 valence electrons. The molecule has 0 aliphatic carbocycles. The number of benzene rings is 1. The van der Waals surface area contributed by atoms with Crippen molar-refractivity contribution < 1.29 is 9.47 Å². The molecule has 1 aromatic carbocycles. The van der Waals surface area contributed by atoms with Crippen molar-refractivity contribution in [2.24, 2.45) is 0 Å². The first kappa shape index (κ1) is 19.6. The monoisotopic (exact) mass is 396 g/mol. The maximum Gasteiger partial charge on any atom is 0.320 e. The van der Waals surface area contributed by atoms with Crippen LogP contribution in [-0.4, -0.2) is 57.6 Å². The zero-order valence-electron chi connectivity index (χ0n) is 17.0. The summed E-state index contributed by atoms with van der Waals surface area (Å²) in [5.41, 5.74) is 9.26. The molecule has 1 atom stereocenters. The highest BCUT2D eigenvalue weighted by atomic mass is 16.5. The Kier molecular flexibility index (Phi) is 5.92. The van der Waals surface area contributed by atoms with Crippen molar-refractivity contribution in [2.45, 2.75) is 39.0 Å². The lowest BCUT2D eigenvalue weighted by atomic mass is 10.1. The van der Waals surface area contributed by atoms with Crippen molar-refractivity contribution in [3.05, 3.63) is 41.6 Å². The Morgan fingerprint density at radius 2 is 1.76 bits per heavy atom. The van der Waals surface area contributed by atoms with Gasteiger partial charge in [0.25, 0.3) is 0 Å². The molecule has 2 aromatic heterocycles. The van der Waals surface area contributed by atoms with Crippen LogP contribution in [0.25, 0.3) is 11.0 Å². The highest BCUT2D eigenvalue weighted by molar-refractivity contribution is 5.85. The van der Waals surface area contributed by atoms with E-state index in [1.807, 2.05) is 11.6 Å². The second-order valence-corrected chi connectivity index (χ2v) is 7.61. The summed E-state index contributed by atoms with van der Waals surface area (Å²) in [5.74, 6) is 0.363. The van der Waals surface area contributed by atoms with E-state index in [0.29, 0.717) is 24.6 Å². The number of hydrogen-bond donors (Lipinski definition) is 1. The summed E-state index contributed by atoms with van der Waals surface area (Å²) >= 11 is 0. The van der Waals surface area contributed by atoms with E-state index in [9.17, 15) is 0 Å². The zero-order valence-corrected chi connectivity index (χ0v) is 17.0. The molecule has 1 aliphatic heterocycles. The molecule has 1 fully saturated rings. The van der Waals surface area contributed by atoms with E-state index >= 15 is 0 Å². The third kappa shape index (κ3) is 4.65. The molecular weight excluding hydrogens is 368 g/mol. The molecule has 0 radical (unpaired) electrons. The van der Waals surface area contributed by atoms with Gasteiger partial charge in [0.05, 0.1) is 24.7 Å². The zero-order chi connectivity index (χ0) is 20.2. The largest absolute Gasteiger partial charge is 0.458 e. The Hall–Kier alpha value is -2.71. The molecule has 1 unspecified atom stereocenters. The van der Waals surface area contributed by atoms with Crippen LogP contribution in [0.3, 0.4) is 0 Å². The molecule has 29 heavy (non-hydrogen) atoms. The van der Waals surface area contributed by atoms with Gasteiger partial charge in [0.1, 0.15) is 11.9 Å². The van der Waals surface area contributed by atoms with E-state index in [1.54, 1.807) is 13.3 Å². The van der Waals surface area contributed by atoms with Crippen molar-refractivity contribution >= 4 is 16.9 Å². The van der Waals surface area contributed by atoms with Crippen molar-refractivity contribution in [1.29, 1.82) is 0 Å². The third-order valence-corrected chi connectivity index (χ3v) is 5.17. The minimum Gasteiger partial charge on any atom is -0.458 e. The van der Waals surface area contributed by atoms with Crippen LogP contribution in [0.15, 0.2) is 30.5 Å². The number of nitrogens with two attached hydrogens (primary N) is 1. The number of fused-ring (bicyclic) bond motifs is 1. The summed E-state index contributed by atoms with van der Waals surface area (Å²) in [4.78, 5) is 11.3. The van der Waals surface area contributed by atoms with Gasteiger partial charge in [0.2, 0.25) is 0 Å². The summed E-state index contributed by atoms with van der Waals surface area (Å²) < 4.78 is 12.7. The van der Waals surface area contributed by atoms with Gasteiger partial charge in [-0.05, 0) is 44.0 Å². The van der Waals surface area contributed by atoms with Crippen LogP contribution < -0.4 is 10.5 Å². The minimum atomic E-state index is -0.170. The highest BCUT2D eigenvalue weighted by Gasteiger charge is 2.15. The lowest BCUT2D eigenvalue weighted by Crippen LogP contribution is -2.19. The van der Waals surface area contributed by atoms with Gasteiger partial charge < -0.3 is 15.2 Å². The van der Waals surface area contributed by atoms with Crippen LogP contribution >= 0.6 is 0 Å². The van der Waals surface area contributed by atoms with Crippen molar-refractivity contribution in [3.63, 3.8) is 0 Å². The Morgan fingerprint density at radius 1 is 1.07 bits per heavy atom. The highest BCUT2D eigenvalue weighted by Crippen LogP contribution is 2.22. The number of anilines is 1. The Balaban J connectivity index is 1.50. The molecule has 0 saturated carbocycles. The van der Waals surface area contributed by atoms with E-state index in [-0.39, 0.29) is 12.1 Å². The number of nitrogens with zero attached hydrogens (tertiary/aromatic N) is 5. The summed E-state index contributed by atoms with van der Waals surface area (Å²) in [6.45, 7) is 6.38. The van der Waals surface area contributed by atoms with Crippen LogP contribution in [0.5, 0.6) is 6.01 Å². The van der Waals surface area contributed by atoms with Gasteiger partial charge in [0, 0.05) is 13.7 Å². The first-order valence-electron chi connectivity index (χ1n) is 10.1. The molecule has 1 aliphatic rings. The van der Waals surface area contributed by atoms with E-state index in [2.05, 4.69) is 44.2 Å². The fourth-order valence-electron chi connectivity index (χ4n) is 3.70. The van der Waals surface area contributed by atoms with Crippen LogP contribution in [-0.2, 0) is 17.8 Å². The smallest absolute Gasteiger partial charge is 0.320 e. The molecule has 0 bridgehead atoms. The first-order valence-corrected chi connectivity index (χ1v) is 10.1. The third-order valence-electron chi connectivity index (χ3n) is 5.17. The molecule has 3 heterocycles. The molecule has 0 amide bonds. The van der Waals surface area contributed by atoms with Gasteiger partial charge in [-0.1, -0.05) is 24.3 Å². The molecule has 2 N–H and O–H groups in total. The summed E-state index contributed by atoms with van der Waals surface area (Å²) in [5, 5.41) is 5.18. The number of likely N-dealkylation sites (tertiary alicyclic amines) is 1. The lowest BCUT2D eigenvalue weighted by Gasteiger charge is -2.14. The molecule has 1 saturated heterocycles. The van der Waals surface area contributed by atoms with Gasteiger partial charge in [0.15, 0.2) is 5.65 Å². The number of aromatic nitrogens is 4. The Labute approximate surface area is 170 Å². The normalized spacial score (nSPS) is 15.8. The van der Waals surface area contributed by atoms with Gasteiger partial charge in [-0.15, -0.1) is 0 Å². The molecule has 4 rings (SSSR count). The predicted octanol–water partition coefficient (Wildman–Crippen LogP) is 2.47. The van der Waals surface area contributed by atoms with Crippen molar-refractivity contribution in [2.75, 3.05) is 32.5 Å². The van der Waals surface area contributed by atoms with Gasteiger partial charge >= 0.3 is 6.01 Å². The number of methoxy groups -OCH3 is 1. The minimum absolute atomic E-state index is 0.170. The van der Waals surface area contributed by atoms with Crippen LogP contribution in [0.2, 0.25) is 0 Å². The standard InChI is InChI=1S/C21H28N6O2/c1-15(14-28-2)29-21-24-19(22)18-11-23-27(20(18)25-21)13-17-7-5-16(6-8-17)12-26-9-3-4-10-26/h5-8,11,15H,3-4,9-10,12-14H2,1-2H3,(H2,22,24,25).